The summed E-state index contributed by atoms with van der Waals surface area (Å²) < 4.78 is 1.85. The van der Waals surface area contributed by atoms with Crippen molar-refractivity contribution in [3.05, 3.63) is 35.3 Å². The van der Waals surface area contributed by atoms with Gasteiger partial charge in [-0.1, -0.05) is 0 Å². The van der Waals surface area contributed by atoms with Crippen molar-refractivity contribution in [1.29, 1.82) is 0 Å². The first-order valence-corrected chi connectivity index (χ1v) is 8.97. The Balaban J connectivity index is 1.78. The summed E-state index contributed by atoms with van der Waals surface area (Å²) in [4.78, 5) is 34.5. The maximum atomic E-state index is 13.4. The van der Waals surface area contributed by atoms with Crippen LogP contribution in [0.15, 0.2) is 18.3 Å². The van der Waals surface area contributed by atoms with E-state index in [4.69, 9.17) is 0 Å². The van der Waals surface area contributed by atoms with E-state index in [1.54, 1.807) is 4.90 Å². The summed E-state index contributed by atoms with van der Waals surface area (Å²) in [6.45, 7) is 5.29. The highest BCUT2D eigenvalue weighted by Crippen LogP contribution is 2.39. The third kappa shape index (κ3) is 2.27. The first-order chi connectivity index (χ1) is 11.9. The molecule has 6 nitrogen and oxygen atoms in total. The number of carbonyl (C=O) groups is 2. The van der Waals surface area contributed by atoms with Crippen molar-refractivity contribution in [3.8, 4) is 0 Å². The monoisotopic (exact) mass is 340 g/mol. The van der Waals surface area contributed by atoms with Crippen molar-refractivity contribution in [3.63, 3.8) is 0 Å². The quantitative estimate of drug-likeness (QED) is 0.799. The summed E-state index contributed by atoms with van der Waals surface area (Å²) in [5.41, 5.74) is 2.52. The Morgan fingerprint density at radius 2 is 1.92 bits per heavy atom. The molecule has 0 bridgehead atoms. The minimum Gasteiger partial charge on any atom is -0.344 e. The maximum Gasteiger partial charge on any atom is 0.273 e. The predicted octanol–water partition coefficient (Wildman–Crippen LogP) is 2.18. The predicted molar refractivity (Wildman–Crippen MR) is 94.5 cm³/mol. The van der Waals surface area contributed by atoms with Crippen molar-refractivity contribution < 1.29 is 9.59 Å². The molecule has 0 saturated carbocycles. The van der Waals surface area contributed by atoms with E-state index in [1.165, 1.54) is 0 Å². The van der Waals surface area contributed by atoms with Gasteiger partial charge in [-0.05, 0) is 57.2 Å². The Morgan fingerprint density at radius 3 is 2.68 bits per heavy atom. The highest BCUT2D eigenvalue weighted by molar-refractivity contribution is 6.00. The van der Waals surface area contributed by atoms with E-state index in [9.17, 15) is 9.59 Å². The van der Waals surface area contributed by atoms with Crippen LogP contribution in [-0.2, 0) is 4.79 Å². The SMILES string of the molecule is Cc1ccn2c(C(=O)N3CCCC34CCCN(C)C4=O)c(C)nc2c1. The minimum absolute atomic E-state index is 0.0741. The molecule has 6 heteroatoms. The van der Waals surface area contributed by atoms with Gasteiger partial charge in [-0.3, -0.25) is 14.0 Å². The highest BCUT2D eigenvalue weighted by atomic mass is 16.2. The van der Waals surface area contributed by atoms with Gasteiger partial charge >= 0.3 is 0 Å². The number of amides is 2. The largest absolute Gasteiger partial charge is 0.344 e. The summed E-state index contributed by atoms with van der Waals surface area (Å²) in [5, 5.41) is 0. The molecule has 4 heterocycles. The van der Waals surface area contributed by atoms with Crippen molar-refractivity contribution in [1.82, 2.24) is 19.2 Å². The number of nitrogens with zero attached hydrogens (tertiary/aromatic N) is 4. The molecule has 132 valence electrons. The molecule has 2 fully saturated rings. The number of aromatic nitrogens is 2. The summed E-state index contributed by atoms with van der Waals surface area (Å²) >= 11 is 0. The van der Waals surface area contributed by atoms with E-state index in [0.717, 1.165) is 43.4 Å². The third-order valence-electron chi connectivity index (χ3n) is 5.72. The van der Waals surface area contributed by atoms with Gasteiger partial charge in [-0.15, -0.1) is 0 Å². The van der Waals surface area contributed by atoms with E-state index >= 15 is 0 Å². The number of aryl methyl sites for hydroxylation is 2. The van der Waals surface area contributed by atoms with Crippen molar-refractivity contribution >= 4 is 17.5 Å². The molecular weight excluding hydrogens is 316 g/mol. The molecule has 1 atom stereocenters. The molecule has 2 aromatic rings. The standard InChI is InChI=1S/C19H24N4O2/c1-13-6-11-22-15(12-13)20-14(2)16(22)17(24)23-10-5-8-19(23)7-4-9-21(3)18(19)25/h6,11-12H,4-5,7-10H2,1-3H3. The lowest BCUT2D eigenvalue weighted by atomic mass is 9.85. The van der Waals surface area contributed by atoms with Gasteiger partial charge in [-0.25, -0.2) is 4.98 Å². The summed E-state index contributed by atoms with van der Waals surface area (Å²) in [6, 6.07) is 3.95. The van der Waals surface area contributed by atoms with Crippen LogP contribution >= 0.6 is 0 Å². The number of piperidine rings is 1. The molecule has 2 aromatic heterocycles. The molecule has 1 unspecified atom stereocenters. The fourth-order valence-corrected chi connectivity index (χ4v) is 4.48. The Morgan fingerprint density at radius 1 is 1.20 bits per heavy atom. The van der Waals surface area contributed by atoms with Crippen LogP contribution in [0, 0.1) is 13.8 Å². The van der Waals surface area contributed by atoms with Gasteiger partial charge in [0.05, 0.1) is 5.69 Å². The number of carbonyl (C=O) groups excluding carboxylic acids is 2. The Labute approximate surface area is 147 Å². The first kappa shape index (κ1) is 16.1. The van der Waals surface area contributed by atoms with E-state index in [0.29, 0.717) is 17.9 Å². The average Bonchev–Trinajstić information content (AvgIpc) is 3.13. The van der Waals surface area contributed by atoms with Gasteiger partial charge in [0.25, 0.3) is 5.91 Å². The number of hydrogen-bond donors (Lipinski definition) is 0. The second kappa shape index (κ2) is 5.58. The Hall–Kier alpha value is -2.37. The molecule has 0 aliphatic carbocycles. The fourth-order valence-electron chi connectivity index (χ4n) is 4.48. The van der Waals surface area contributed by atoms with Gasteiger partial charge in [0, 0.05) is 26.3 Å². The lowest BCUT2D eigenvalue weighted by molar-refractivity contribution is -0.144. The van der Waals surface area contributed by atoms with Gasteiger partial charge in [0.15, 0.2) is 0 Å². The Kier molecular flexibility index (Phi) is 3.60. The molecule has 0 N–H and O–H groups in total. The first-order valence-electron chi connectivity index (χ1n) is 8.97. The molecule has 2 aliphatic rings. The topological polar surface area (TPSA) is 57.9 Å². The summed E-state index contributed by atoms with van der Waals surface area (Å²) in [6.07, 6.45) is 5.24. The summed E-state index contributed by atoms with van der Waals surface area (Å²) in [7, 11) is 1.84. The van der Waals surface area contributed by atoms with Crippen LogP contribution in [0.2, 0.25) is 0 Å². The molecule has 0 radical (unpaired) electrons. The number of likely N-dealkylation sites (tertiary alicyclic amines) is 2. The van der Waals surface area contributed by atoms with Crippen LogP contribution in [-0.4, -0.2) is 56.7 Å². The second-order valence-corrected chi connectivity index (χ2v) is 7.40. The molecule has 1 spiro atoms. The highest BCUT2D eigenvalue weighted by Gasteiger charge is 2.52. The zero-order valence-corrected chi connectivity index (χ0v) is 15.1. The van der Waals surface area contributed by atoms with Crippen LogP contribution < -0.4 is 0 Å². The van der Waals surface area contributed by atoms with Crippen LogP contribution in [0.1, 0.15) is 47.4 Å². The van der Waals surface area contributed by atoms with Gasteiger partial charge < -0.3 is 9.80 Å². The fraction of sp³-hybridized carbons (Fsp3) is 0.526. The number of fused-ring (bicyclic) bond motifs is 1. The Bertz CT molecular complexity index is 872. The van der Waals surface area contributed by atoms with Crippen LogP contribution in [0.3, 0.4) is 0 Å². The number of likely N-dealkylation sites (N-methyl/N-ethyl adjacent to an activating group) is 1. The van der Waals surface area contributed by atoms with E-state index < -0.39 is 5.54 Å². The maximum absolute atomic E-state index is 13.4. The number of rotatable bonds is 1. The van der Waals surface area contributed by atoms with Gasteiger partial charge in [0.1, 0.15) is 16.9 Å². The molecule has 2 saturated heterocycles. The minimum atomic E-state index is -0.661. The van der Waals surface area contributed by atoms with Crippen molar-refractivity contribution in [2.24, 2.45) is 0 Å². The molecule has 2 aliphatic heterocycles. The van der Waals surface area contributed by atoms with Gasteiger partial charge in [-0.2, -0.15) is 0 Å². The lowest BCUT2D eigenvalue weighted by Crippen LogP contribution is -2.60. The lowest BCUT2D eigenvalue weighted by Gasteiger charge is -2.43. The summed E-state index contributed by atoms with van der Waals surface area (Å²) in [5.74, 6) is 0.0157. The number of hydrogen-bond acceptors (Lipinski definition) is 3. The molecule has 2 amide bonds. The van der Waals surface area contributed by atoms with Gasteiger partial charge in [0.2, 0.25) is 5.91 Å². The third-order valence-corrected chi connectivity index (χ3v) is 5.72. The molecular formula is C19H24N4O2. The number of pyridine rings is 1. The smallest absolute Gasteiger partial charge is 0.273 e. The van der Waals surface area contributed by atoms with E-state index in [1.807, 2.05) is 48.5 Å². The number of imidazole rings is 1. The van der Waals surface area contributed by atoms with Crippen LogP contribution in [0.4, 0.5) is 0 Å². The van der Waals surface area contributed by atoms with E-state index in [-0.39, 0.29) is 11.8 Å². The normalized spacial score (nSPS) is 23.9. The second-order valence-electron chi connectivity index (χ2n) is 7.40. The van der Waals surface area contributed by atoms with E-state index in [2.05, 4.69) is 4.98 Å². The zero-order valence-electron chi connectivity index (χ0n) is 15.1. The van der Waals surface area contributed by atoms with Crippen molar-refractivity contribution in [2.75, 3.05) is 20.1 Å². The zero-order chi connectivity index (χ0) is 17.8. The van der Waals surface area contributed by atoms with Crippen molar-refractivity contribution in [2.45, 2.75) is 45.1 Å². The van der Waals surface area contributed by atoms with Crippen LogP contribution in [0.5, 0.6) is 0 Å². The average molecular weight is 340 g/mol. The van der Waals surface area contributed by atoms with Crippen LogP contribution in [0.25, 0.3) is 5.65 Å². The molecule has 25 heavy (non-hydrogen) atoms. The molecule has 4 rings (SSSR count). The molecule has 0 aromatic carbocycles.